The van der Waals surface area contributed by atoms with Crippen LogP contribution in [0.1, 0.15) is 12.5 Å². The summed E-state index contributed by atoms with van der Waals surface area (Å²) in [5, 5.41) is 0.730. The number of aryl methyl sites for hydroxylation is 1. The van der Waals surface area contributed by atoms with Gasteiger partial charge in [-0.25, -0.2) is 12.4 Å². The van der Waals surface area contributed by atoms with Gasteiger partial charge in [-0.15, -0.1) is 0 Å². The van der Waals surface area contributed by atoms with E-state index in [1.807, 2.05) is 19.9 Å². The zero-order chi connectivity index (χ0) is 15.6. The lowest BCUT2D eigenvalue weighted by Gasteiger charge is -2.09. The second-order valence-corrected chi connectivity index (χ2v) is 6.46. The number of benzene rings is 1. The average Bonchev–Trinajstić information content (AvgIpc) is 2.89. The van der Waals surface area contributed by atoms with Crippen molar-refractivity contribution < 1.29 is 8.42 Å². The Morgan fingerprint density at radius 1 is 1.33 bits per heavy atom. The van der Waals surface area contributed by atoms with Crippen LogP contribution in [0.3, 0.4) is 0 Å². The third-order valence-corrected chi connectivity index (χ3v) is 5.04. The third-order valence-electron chi connectivity index (χ3n) is 3.31. The van der Waals surface area contributed by atoms with E-state index >= 15 is 0 Å². The molecule has 0 aliphatic carbocycles. The Hall–Kier alpha value is -2.27. The molecule has 21 heavy (non-hydrogen) atoms. The highest BCUT2D eigenvalue weighted by Crippen LogP contribution is 2.28. The highest BCUT2D eigenvalue weighted by atomic mass is 32.2. The van der Waals surface area contributed by atoms with Gasteiger partial charge in [-0.05, 0) is 43.7 Å². The fourth-order valence-electron chi connectivity index (χ4n) is 2.10. The van der Waals surface area contributed by atoms with Gasteiger partial charge in [0.2, 0.25) is 0 Å². The van der Waals surface area contributed by atoms with E-state index in [1.165, 1.54) is 22.3 Å². The van der Waals surface area contributed by atoms with Gasteiger partial charge in [0.25, 0.3) is 10.0 Å². The van der Waals surface area contributed by atoms with Crippen LogP contribution >= 0.6 is 0 Å². The molecule has 1 aromatic heterocycles. The van der Waals surface area contributed by atoms with Crippen LogP contribution < -0.4 is 5.73 Å². The summed E-state index contributed by atoms with van der Waals surface area (Å²) in [6.45, 7) is 7.29. The van der Waals surface area contributed by atoms with E-state index in [2.05, 4.69) is 6.58 Å². The number of fused-ring (bicyclic) bond motifs is 1. The second-order valence-electron chi connectivity index (χ2n) is 4.64. The van der Waals surface area contributed by atoms with Gasteiger partial charge in [-0.2, -0.15) is 0 Å². The highest BCUT2D eigenvalue weighted by Gasteiger charge is 2.20. The first kappa shape index (κ1) is 15.1. The molecule has 2 N–H and O–H groups in total. The van der Waals surface area contributed by atoms with Gasteiger partial charge in [0.15, 0.2) is 0 Å². The van der Waals surface area contributed by atoms with Gasteiger partial charge < -0.3 is 5.73 Å². The van der Waals surface area contributed by atoms with Crippen molar-refractivity contribution >= 4 is 26.6 Å². The first-order chi connectivity index (χ1) is 9.93. The normalized spacial score (nSPS) is 13.1. The molecule has 110 valence electrons. The van der Waals surface area contributed by atoms with Gasteiger partial charge >= 0.3 is 0 Å². The maximum absolute atomic E-state index is 12.7. The summed E-state index contributed by atoms with van der Waals surface area (Å²) in [5.41, 5.74) is 8.09. The van der Waals surface area contributed by atoms with Gasteiger partial charge in [0.05, 0.1) is 10.4 Å². The Morgan fingerprint density at radius 2 is 2.05 bits per heavy atom. The maximum Gasteiger partial charge on any atom is 0.268 e. The molecule has 0 amide bonds. The molecule has 2 aromatic rings. The fraction of sp³-hybridized carbons (Fsp3) is 0.125. The van der Waals surface area contributed by atoms with Crippen molar-refractivity contribution in [1.29, 1.82) is 0 Å². The molecule has 0 fully saturated rings. The number of nitrogens with two attached hydrogens (primary N) is 1. The Morgan fingerprint density at radius 3 is 2.67 bits per heavy atom. The predicted molar refractivity (Wildman–Crippen MR) is 88.5 cm³/mol. The van der Waals surface area contributed by atoms with Crippen molar-refractivity contribution in [1.82, 2.24) is 3.97 Å². The zero-order valence-electron chi connectivity index (χ0n) is 12.1. The van der Waals surface area contributed by atoms with Crippen LogP contribution in [0.25, 0.3) is 10.9 Å². The number of nitrogens with zero attached hydrogens (tertiary/aromatic N) is 1. The molecule has 0 atom stereocenters. The number of rotatable bonds is 4. The number of hydrogen-bond acceptors (Lipinski definition) is 3. The van der Waals surface area contributed by atoms with E-state index < -0.39 is 10.0 Å². The Kier molecular flexibility index (Phi) is 4.04. The summed E-state index contributed by atoms with van der Waals surface area (Å²) >= 11 is 0. The van der Waals surface area contributed by atoms with E-state index in [0.717, 1.165) is 10.9 Å². The van der Waals surface area contributed by atoms with E-state index in [-0.39, 0.29) is 4.91 Å². The summed E-state index contributed by atoms with van der Waals surface area (Å²) in [7, 11) is -3.68. The van der Waals surface area contributed by atoms with Crippen LogP contribution in [-0.4, -0.2) is 12.4 Å². The largest absolute Gasteiger partial charge is 0.398 e. The van der Waals surface area contributed by atoms with Crippen LogP contribution in [-0.2, 0) is 10.0 Å². The number of anilines is 1. The molecule has 0 saturated carbocycles. The highest BCUT2D eigenvalue weighted by molar-refractivity contribution is 7.94. The molecule has 4 nitrogen and oxygen atoms in total. The molecular weight excluding hydrogens is 284 g/mol. The summed E-state index contributed by atoms with van der Waals surface area (Å²) < 4.78 is 26.6. The van der Waals surface area contributed by atoms with E-state index in [4.69, 9.17) is 5.73 Å². The first-order valence-corrected chi connectivity index (χ1v) is 7.94. The molecule has 1 heterocycles. The van der Waals surface area contributed by atoms with E-state index in [1.54, 1.807) is 24.3 Å². The average molecular weight is 302 g/mol. The topological polar surface area (TPSA) is 65.1 Å². The van der Waals surface area contributed by atoms with E-state index in [9.17, 15) is 8.42 Å². The first-order valence-electron chi connectivity index (χ1n) is 6.50. The smallest absolute Gasteiger partial charge is 0.268 e. The SMILES string of the molecule is C=C/C(=C\C=C/C)S(=O)(=O)n1ccc2c(N)c(C)ccc21. The molecule has 0 radical (unpaired) electrons. The Labute approximate surface area is 124 Å². The van der Waals surface area contributed by atoms with Crippen LogP contribution in [0, 0.1) is 6.92 Å². The van der Waals surface area contributed by atoms with Gasteiger partial charge in [0.1, 0.15) is 0 Å². The molecule has 5 heteroatoms. The minimum absolute atomic E-state index is 0.136. The standard InChI is InChI=1S/C16H18N2O2S/c1-4-6-7-13(5-2)21(19,20)18-11-10-14-15(18)9-8-12(3)16(14)17/h4-11H,2,17H2,1,3H3/b6-4-,13-7+. The fourth-order valence-corrected chi connectivity index (χ4v) is 3.42. The van der Waals surface area contributed by atoms with E-state index in [0.29, 0.717) is 11.2 Å². The van der Waals surface area contributed by atoms with Crippen molar-refractivity contribution in [2.24, 2.45) is 0 Å². The van der Waals surface area contributed by atoms with Crippen molar-refractivity contribution in [3.8, 4) is 0 Å². The van der Waals surface area contributed by atoms with Crippen LogP contribution in [0.15, 0.2) is 60.2 Å². The van der Waals surface area contributed by atoms with Crippen molar-refractivity contribution in [3.63, 3.8) is 0 Å². The molecule has 0 aliphatic heterocycles. The minimum atomic E-state index is -3.68. The number of allylic oxidation sites excluding steroid dienone is 4. The van der Waals surface area contributed by atoms with Crippen molar-refractivity contribution in [3.05, 3.63) is 65.7 Å². The molecule has 0 spiro atoms. The predicted octanol–water partition coefficient (Wildman–Crippen LogP) is 3.36. The molecule has 2 rings (SSSR count). The van der Waals surface area contributed by atoms with Crippen molar-refractivity contribution in [2.75, 3.05) is 5.73 Å². The lowest BCUT2D eigenvalue weighted by Crippen LogP contribution is -2.12. The van der Waals surface area contributed by atoms with Gasteiger partial charge in [-0.3, -0.25) is 0 Å². The molecule has 0 aliphatic rings. The molecule has 1 aromatic carbocycles. The Balaban J connectivity index is 2.72. The van der Waals surface area contributed by atoms with Crippen LogP contribution in [0.5, 0.6) is 0 Å². The Bertz CT molecular complexity index is 856. The third kappa shape index (κ3) is 2.52. The quantitative estimate of drug-likeness (QED) is 0.695. The lowest BCUT2D eigenvalue weighted by molar-refractivity contribution is 0.596. The summed E-state index contributed by atoms with van der Waals surface area (Å²) in [6, 6.07) is 5.29. The summed E-state index contributed by atoms with van der Waals surface area (Å²) in [4.78, 5) is 0.136. The van der Waals surface area contributed by atoms with Crippen molar-refractivity contribution in [2.45, 2.75) is 13.8 Å². The van der Waals surface area contributed by atoms with Crippen LogP contribution in [0.4, 0.5) is 5.69 Å². The molecule has 0 bridgehead atoms. The maximum atomic E-state index is 12.7. The second kappa shape index (κ2) is 5.61. The summed E-state index contributed by atoms with van der Waals surface area (Å²) in [5.74, 6) is 0. The minimum Gasteiger partial charge on any atom is -0.398 e. The zero-order valence-corrected chi connectivity index (χ0v) is 12.9. The molecule has 0 unspecified atom stereocenters. The number of aromatic nitrogens is 1. The number of nitrogen functional groups attached to an aromatic ring is 1. The van der Waals surface area contributed by atoms with Crippen LogP contribution in [0.2, 0.25) is 0 Å². The van der Waals surface area contributed by atoms with Gasteiger partial charge in [0, 0.05) is 17.3 Å². The van der Waals surface area contributed by atoms with Gasteiger partial charge in [-0.1, -0.05) is 24.8 Å². The molecular formula is C16H18N2O2S. The number of hydrogen-bond donors (Lipinski definition) is 1. The monoisotopic (exact) mass is 302 g/mol. The lowest BCUT2D eigenvalue weighted by atomic mass is 10.1. The summed E-state index contributed by atoms with van der Waals surface area (Å²) in [6.07, 6.45) is 7.79. The molecule has 0 saturated heterocycles.